The molecular weight excluding hydrogens is 344 g/mol. The molecule has 0 aliphatic carbocycles. The van der Waals surface area contributed by atoms with Crippen molar-refractivity contribution in [1.82, 2.24) is 14.4 Å². The summed E-state index contributed by atoms with van der Waals surface area (Å²) < 4.78 is 37.9. The van der Waals surface area contributed by atoms with Crippen molar-refractivity contribution in [3.05, 3.63) is 35.7 Å². The molecule has 0 bridgehead atoms. The molecule has 0 atom stereocenters. The van der Waals surface area contributed by atoms with Crippen LogP contribution in [0.15, 0.2) is 38.1 Å². The maximum absolute atomic E-state index is 12.8. The standard InChI is InChI=1S/C16H18N4O4S/c1-11-15(12(2)24-18-11)25(21,22)20-9-7-19(8-10-20)16-17-13-5-3-4-6-14(13)23-16/h3-6H,7-10H2,1-2H3. The molecule has 0 N–H and O–H groups in total. The molecule has 0 spiro atoms. The minimum Gasteiger partial charge on any atom is -0.423 e. The third kappa shape index (κ3) is 2.69. The van der Waals surface area contributed by atoms with Crippen molar-refractivity contribution in [3.63, 3.8) is 0 Å². The lowest BCUT2D eigenvalue weighted by Crippen LogP contribution is -2.49. The SMILES string of the molecule is Cc1noc(C)c1S(=O)(=O)N1CCN(c2nc3ccccc3o2)CC1. The number of aromatic nitrogens is 2. The molecule has 1 aliphatic heterocycles. The number of nitrogens with zero attached hydrogens (tertiary/aromatic N) is 4. The van der Waals surface area contributed by atoms with E-state index >= 15 is 0 Å². The number of oxazole rings is 1. The average Bonchev–Trinajstić information content (AvgIpc) is 3.18. The highest BCUT2D eigenvalue weighted by Gasteiger charge is 2.34. The largest absolute Gasteiger partial charge is 0.423 e. The highest BCUT2D eigenvalue weighted by Crippen LogP contribution is 2.26. The number of sulfonamides is 1. The van der Waals surface area contributed by atoms with E-state index in [0.29, 0.717) is 43.6 Å². The van der Waals surface area contributed by atoms with E-state index in [1.807, 2.05) is 29.2 Å². The summed E-state index contributed by atoms with van der Waals surface area (Å²) >= 11 is 0. The molecule has 0 saturated carbocycles. The number of aryl methyl sites for hydroxylation is 2. The van der Waals surface area contributed by atoms with Gasteiger partial charge in [-0.2, -0.15) is 9.29 Å². The number of hydrogen-bond acceptors (Lipinski definition) is 7. The predicted molar refractivity (Wildman–Crippen MR) is 91.0 cm³/mol. The van der Waals surface area contributed by atoms with E-state index in [0.717, 1.165) is 11.1 Å². The summed E-state index contributed by atoms with van der Waals surface area (Å²) in [5.74, 6) is 0.318. The molecule has 25 heavy (non-hydrogen) atoms. The molecule has 1 aromatic carbocycles. The summed E-state index contributed by atoms with van der Waals surface area (Å²) in [4.78, 5) is 6.59. The lowest BCUT2D eigenvalue weighted by Gasteiger charge is -2.32. The molecule has 1 saturated heterocycles. The third-order valence-electron chi connectivity index (χ3n) is 4.36. The number of benzene rings is 1. The van der Waals surface area contributed by atoms with Crippen LogP contribution >= 0.6 is 0 Å². The van der Waals surface area contributed by atoms with Crippen molar-refractivity contribution < 1.29 is 17.4 Å². The molecule has 132 valence electrons. The van der Waals surface area contributed by atoms with Crippen molar-refractivity contribution in [2.75, 3.05) is 31.1 Å². The van der Waals surface area contributed by atoms with E-state index < -0.39 is 10.0 Å². The van der Waals surface area contributed by atoms with Gasteiger partial charge in [-0.05, 0) is 26.0 Å². The van der Waals surface area contributed by atoms with Gasteiger partial charge in [0.25, 0.3) is 6.01 Å². The van der Waals surface area contributed by atoms with Crippen LogP contribution in [0.3, 0.4) is 0 Å². The number of piperazine rings is 1. The predicted octanol–water partition coefficient (Wildman–Crippen LogP) is 1.94. The van der Waals surface area contributed by atoms with E-state index in [4.69, 9.17) is 8.94 Å². The Kier molecular flexibility index (Phi) is 3.77. The molecule has 0 amide bonds. The van der Waals surface area contributed by atoms with Crippen LogP contribution in [0.2, 0.25) is 0 Å². The Morgan fingerprint density at radius 3 is 2.44 bits per heavy atom. The van der Waals surface area contributed by atoms with E-state index in [2.05, 4.69) is 10.1 Å². The molecule has 8 nitrogen and oxygen atoms in total. The van der Waals surface area contributed by atoms with Gasteiger partial charge in [0.05, 0.1) is 0 Å². The van der Waals surface area contributed by atoms with Crippen molar-refractivity contribution in [2.45, 2.75) is 18.7 Å². The topological polar surface area (TPSA) is 92.7 Å². The van der Waals surface area contributed by atoms with Gasteiger partial charge in [-0.3, -0.25) is 0 Å². The lowest BCUT2D eigenvalue weighted by molar-refractivity contribution is 0.370. The van der Waals surface area contributed by atoms with E-state index in [9.17, 15) is 8.42 Å². The van der Waals surface area contributed by atoms with Crippen molar-refractivity contribution in [1.29, 1.82) is 0 Å². The molecule has 4 rings (SSSR count). The zero-order valence-corrected chi connectivity index (χ0v) is 14.8. The summed E-state index contributed by atoms with van der Waals surface area (Å²) in [6.07, 6.45) is 0. The van der Waals surface area contributed by atoms with Crippen LogP contribution in [0.25, 0.3) is 11.1 Å². The second-order valence-electron chi connectivity index (χ2n) is 6.01. The average molecular weight is 362 g/mol. The minimum atomic E-state index is -3.61. The van der Waals surface area contributed by atoms with Crippen molar-refractivity contribution >= 4 is 27.1 Å². The van der Waals surface area contributed by atoms with Gasteiger partial charge < -0.3 is 13.8 Å². The molecule has 1 fully saturated rings. The third-order valence-corrected chi connectivity index (χ3v) is 6.50. The second kappa shape index (κ2) is 5.85. The van der Waals surface area contributed by atoms with Crippen LogP contribution in [0, 0.1) is 13.8 Å². The zero-order valence-electron chi connectivity index (χ0n) is 14.0. The fourth-order valence-corrected chi connectivity index (χ4v) is 4.80. The van der Waals surface area contributed by atoms with Crippen molar-refractivity contribution in [3.8, 4) is 0 Å². The van der Waals surface area contributed by atoms with Crippen LogP contribution < -0.4 is 4.90 Å². The molecule has 2 aromatic heterocycles. The highest BCUT2D eigenvalue weighted by atomic mass is 32.2. The first-order chi connectivity index (χ1) is 12.0. The Bertz CT molecular complexity index is 963. The number of rotatable bonds is 3. The van der Waals surface area contributed by atoms with Crippen LogP contribution in [0.5, 0.6) is 0 Å². The Balaban J connectivity index is 1.53. The Morgan fingerprint density at radius 1 is 1.08 bits per heavy atom. The first kappa shape index (κ1) is 16.1. The normalized spacial score (nSPS) is 16.6. The molecule has 3 heterocycles. The monoisotopic (exact) mass is 362 g/mol. The van der Waals surface area contributed by atoms with Gasteiger partial charge in [0.15, 0.2) is 11.3 Å². The van der Waals surface area contributed by atoms with E-state index in [1.54, 1.807) is 13.8 Å². The quantitative estimate of drug-likeness (QED) is 0.703. The molecular formula is C16H18N4O4S. The zero-order chi connectivity index (χ0) is 17.6. The maximum atomic E-state index is 12.8. The Morgan fingerprint density at radius 2 is 1.80 bits per heavy atom. The summed E-state index contributed by atoms with van der Waals surface area (Å²) in [6, 6.07) is 8.08. The van der Waals surface area contributed by atoms with E-state index in [-0.39, 0.29) is 4.90 Å². The van der Waals surface area contributed by atoms with Gasteiger partial charge in [0.1, 0.15) is 16.1 Å². The number of hydrogen-bond donors (Lipinski definition) is 0. The van der Waals surface area contributed by atoms with E-state index in [1.165, 1.54) is 4.31 Å². The molecule has 3 aromatic rings. The summed E-state index contributed by atoms with van der Waals surface area (Å²) in [5.41, 5.74) is 1.91. The fraction of sp³-hybridized carbons (Fsp3) is 0.375. The summed E-state index contributed by atoms with van der Waals surface area (Å²) in [5, 5.41) is 3.75. The Hall–Kier alpha value is -2.39. The van der Waals surface area contributed by atoms with Crippen molar-refractivity contribution in [2.24, 2.45) is 0 Å². The van der Waals surface area contributed by atoms with Crippen LogP contribution in [-0.2, 0) is 10.0 Å². The van der Waals surface area contributed by atoms with Gasteiger partial charge in [-0.25, -0.2) is 8.42 Å². The molecule has 0 radical (unpaired) electrons. The molecule has 1 aliphatic rings. The van der Waals surface area contributed by atoms with Gasteiger partial charge in [-0.15, -0.1) is 0 Å². The smallest absolute Gasteiger partial charge is 0.298 e. The minimum absolute atomic E-state index is 0.169. The number of fused-ring (bicyclic) bond motifs is 1. The number of anilines is 1. The first-order valence-corrected chi connectivity index (χ1v) is 9.44. The maximum Gasteiger partial charge on any atom is 0.298 e. The van der Waals surface area contributed by atoms with Gasteiger partial charge in [-0.1, -0.05) is 17.3 Å². The second-order valence-corrected chi connectivity index (χ2v) is 7.88. The Labute approximate surface area is 145 Å². The van der Waals surface area contributed by atoms with Gasteiger partial charge >= 0.3 is 0 Å². The summed E-state index contributed by atoms with van der Waals surface area (Å²) in [7, 11) is -3.61. The van der Waals surface area contributed by atoms with Gasteiger partial charge in [0, 0.05) is 26.2 Å². The van der Waals surface area contributed by atoms with Crippen LogP contribution in [0.4, 0.5) is 6.01 Å². The molecule has 9 heteroatoms. The molecule has 0 unspecified atom stereocenters. The highest BCUT2D eigenvalue weighted by molar-refractivity contribution is 7.89. The first-order valence-electron chi connectivity index (χ1n) is 8.00. The van der Waals surface area contributed by atoms with Crippen LogP contribution in [-0.4, -0.2) is 49.0 Å². The van der Waals surface area contributed by atoms with Gasteiger partial charge in [0.2, 0.25) is 10.0 Å². The fourth-order valence-electron chi connectivity index (χ4n) is 3.09. The lowest BCUT2D eigenvalue weighted by atomic mass is 10.3. The summed E-state index contributed by atoms with van der Waals surface area (Å²) in [6.45, 7) is 4.97. The number of para-hydroxylation sites is 2. The van der Waals surface area contributed by atoms with Crippen LogP contribution in [0.1, 0.15) is 11.5 Å².